The molecule has 2 fully saturated rings. The molecule has 5 nitrogen and oxygen atoms in total. The molecule has 0 N–H and O–H groups in total. The summed E-state index contributed by atoms with van der Waals surface area (Å²) in [5, 5.41) is 0. The molecule has 0 bridgehead atoms. The third-order valence-corrected chi connectivity index (χ3v) is 5.30. The highest BCUT2D eigenvalue weighted by molar-refractivity contribution is 5.51. The van der Waals surface area contributed by atoms with Crippen molar-refractivity contribution in [2.45, 2.75) is 45.1 Å². The minimum absolute atomic E-state index is 0.665. The molecule has 0 radical (unpaired) electrons. The molecular formula is C17H26N4O. The molecule has 3 heterocycles. The van der Waals surface area contributed by atoms with E-state index in [9.17, 15) is 0 Å². The number of fused-ring (bicyclic) bond motifs is 1. The van der Waals surface area contributed by atoms with Gasteiger partial charge < -0.3 is 9.64 Å². The number of hydrogen-bond acceptors (Lipinski definition) is 5. The molecule has 5 heteroatoms. The largest absolute Gasteiger partial charge is 0.379 e. The van der Waals surface area contributed by atoms with Crippen molar-refractivity contribution in [1.82, 2.24) is 14.9 Å². The molecule has 1 aromatic rings. The lowest BCUT2D eigenvalue weighted by Crippen LogP contribution is -2.44. The molecule has 3 aliphatic rings. The van der Waals surface area contributed by atoms with Gasteiger partial charge in [0.25, 0.3) is 0 Å². The van der Waals surface area contributed by atoms with Crippen molar-refractivity contribution in [3.8, 4) is 0 Å². The first-order valence-electron chi connectivity index (χ1n) is 8.74. The molecule has 1 unspecified atom stereocenters. The molecule has 120 valence electrons. The van der Waals surface area contributed by atoms with E-state index in [1.807, 2.05) is 6.92 Å². The van der Waals surface area contributed by atoms with E-state index < -0.39 is 0 Å². The summed E-state index contributed by atoms with van der Waals surface area (Å²) in [4.78, 5) is 14.6. The second kappa shape index (κ2) is 6.13. The van der Waals surface area contributed by atoms with Gasteiger partial charge in [-0.1, -0.05) is 0 Å². The number of rotatable bonds is 2. The van der Waals surface area contributed by atoms with Crippen LogP contribution in [0.25, 0.3) is 0 Å². The minimum Gasteiger partial charge on any atom is -0.379 e. The Balaban J connectivity index is 1.54. The summed E-state index contributed by atoms with van der Waals surface area (Å²) < 4.78 is 5.48. The highest BCUT2D eigenvalue weighted by Gasteiger charge is 2.31. The Morgan fingerprint density at radius 3 is 2.73 bits per heavy atom. The maximum absolute atomic E-state index is 5.48. The van der Waals surface area contributed by atoms with Crippen LogP contribution in [0.5, 0.6) is 0 Å². The molecule has 4 rings (SSSR count). The molecule has 0 amide bonds. The first-order chi connectivity index (χ1) is 10.8. The lowest BCUT2D eigenvalue weighted by molar-refractivity contribution is 0.0209. The Morgan fingerprint density at radius 2 is 1.86 bits per heavy atom. The average Bonchev–Trinajstić information content (AvgIpc) is 3.05. The van der Waals surface area contributed by atoms with Gasteiger partial charge in [0.1, 0.15) is 11.6 Å². The predicted octanol–water partition coefficient (Wildman–Crippen LogP) is 1.57. The van der Waals surface area contributed by atoms with Crippen LogP contribution in [0.1, 0.15) is 36.3 Å². The molecule has 0 aromatic carbocycles. The van der Waals surface area contributed by atoms with Crippen molar-refractivity contribution >= 4 is 5.82 Å². The normalized spacial score (nSPS) is 26.2. The van der Waals surface area contributed by atoms with Gasteiger partial charge in [-0.15, -0.1) is 0 Å². The Morgan fingerprint density at radius 1 is 1.05 bits per heavy atom. The predicted molar refractivity (Wildman–Crippen MR) is 86.4 cm³/mol. The first kappa shape index (κ1) is 14.4. The lowest BCUT2D eigenvalue weighted by Gasteiger charge is -2.32. The van der Waals surface area contributed by atoms with Crippen molar-refractivity contribution in [3.63, 3.8) is 0 Å². The first-order valence-corrected chi connectivity index (χ1v) is 8.74. The van der Waals surface area contributed by atoms with Crippen LogP contribution >= 0.6 is 0 Å². The van der Waals surface area contributed by atoms with Crippen LogP contribution in [0, 0.1) is 6.92 Å². The van der Waals surface area contributed by atoms with E-state index in [-0.39, 0.29) is 0 Å². The number of ether oxygens (including phenoxy) is 1. The molecule has 1 aliphatic carbocycles. The van der Waals surface area contributed by atoms with Gasteiger partial charge in [0.2, 0.25) is 0 Å². The van der Waals surface area contributed by atoms with Crippen LogP contribution in [0.15, 0.2) is 0 Å². The maximum Gasteiger partial charge on any atom is 0.135 e. The summed E-state index contributed by atoms with van der Waals surface area (Å²) in [6.07, 6.45) is 6.10. The van der Waals surface area contributed by atoms with E-state index in [0.29, 0.717) is 6.04 Å². The van der Waals surface area contributed by atoms with Crippen LogP contribution in [-0.2, 0) is 17.6 Å². The highest BCUT2D eigenvalue weighted by Crippen LogP contribution is 2.31. The maximum atomic E-state index is 5.48. The van der Waals surface area contributed by atoms with E-state index in [2.05, 4.69) is 14.8 Å². The van der Waals surface area contributed by atoms with Crippen molar-refractivity contribution in [2.24, 2.45) is 0 Å². The fraction of sp³-hybridized carbons (Fsp3) is 0.765. The Kier molecular flexibility index (Phi) is 4.01. The number of anilines is 1. The molecular weight excluding hydrogens is 276 g/mol. The summed E-state index contributed by atoms with van der Waals surface area (Å²) in [5.74, 6) is 2.17. The molecule has 2 aliphatic heterocycles. The zero-order chi connectivity index (χ0) is 14.9. The SMILES string of the molecule is Cc1nc2c(c(N3CCC(N4CCOCC4)C3)n1)CCCC2. The van der Waals surface area contributed by atoms with Crippen LogP contribution in [0.4, 0.5) is 5.82 Å². The number of aryl methyl sites for hydroxylation is 2. The molecule has 1 aromatic heterocycles. The second-order valence-electron chi connectivity index (χ2n) is 6.76. The Bertz CT molecular complexity index is 542. The van der Waals surface area contributed by atoms with Crippen molar-refractivity contribution in [1.29, 1.82) is 0 Å². The fourth-order valence-corrected chi connectivity index (χ4v) is 4.13. The van der Waals surface area contributed by atoms with E-state index in [1.165, 1.54) is 36.3 Å². The number of nitrogens with zero attached hydrogens (tertiary/aromatic N) is 4. The molecule has 0 saturated carbocycles. The van der Waals surface area contributed by atoms with Crippen molar-refractivity contribution < 1.29 is 4.74 Å². The minimum atomic E-state index is 0.665. The van der Waals surface area contributed by atoms with E-state index in [0.717, 1.165) is 58.1 Å². The van der Waals surface area contributed by atoms with Gasteiger partial charge in [0.15, 0.2) is 0 Å². The number of morpholine rings is 1. The quantitative estimate of drug-likeness (QED) is 0.829. The zero-order valence-corrected chi connectivity index (χ0v) is 13.6. The van der Waals surface area contributed by atoms with Crippen LogP contribution in [-0.4, -0.2) is 60.3 Å². The van der Waals surface area contributed by atoms with E-state index in [1.54, 1.807) is 0 Å². The zero-order valence-electron chi connectivity index (χ0n) is 13.6. The summed E-state index contributed by atoms with van der Waals surface area (Å²) in [5.41, 5.74) is 2.74. The van der Waals surface area contributed by atoms with E-state index >= 15 is 0 Å². The van der Waals surface area contributed by atoms with Gasteiger partial charge in [-0.05, 0) is 39.0 Å². The standard InChI is InChI=1S/C17H26N4O/c1-13-18-16-5-3-2-4-15(16)17(19-13)21-7-6-14(12-21)20-8-10-22-11-9-20/h14H,2-12H2,1H3. The molecule has 0 spiro atoms. The summed E-state index contributed by atoms with van der Waals surface area (Å²) in [7, 11) is 0. The molecule has 22 heavy (non-hydrogen) atoms. The Hall–Kier alpha value is -1.20. The number of hydrogen-bond donors (Lipinski definition) is 0. The summed E-state index contributed by atoms with van der Waals surface area (Å²) in [6, 6.07) is 0.665. The van der Waals surface area contributed by atoms with Gasteiger partial charge in [-0.3, -0.25) is 4.90 Å². The van der Waals surface area contributed by atoms with Gasteiger partial charge in [0, 0.05) is 43.5 Å². The Labute approximate surface area is 132 Å². The number of aromatic nitrogens is 2. The van der Waals surface area contributed by atoms with Gasteiger partial charge in [0.05, 0.1) is 13.2 Å². The van der Waals surface area contributed by atoms with Crippen molar-refractivity contribution in [2.75, 3.05) is 44.3 Å². The fourth-order valence-electron chi connectivity index (χ4n) is 4.13. The monoisotopic (exact) mass is 302 g/mol. The summed E-state index contributed by atoms with van der Waals surface area (Å²) >= 11 is 0. The molecule has 2 saturated heterocycles. The molecule has 1 atom stereocenters. The summed E-state index contributed by atoms with van der Waals surface area (Å²) in [6.45, 7) is 8.22. The smallest absolute Gasteiger partial charge is 0.135 e. The van der Waals surface area contributed by atoms with Gasteiger partial charge >= 0.3 is 0 Å². The van der Waals surface area contributed by atoms with Crippen LogP contribution in [0.3, 0.4) is 0 Å². The van der Waals surface area contributed by atoms with E-state index in [4.69, 9.17) is 9.72 Å². The average molecular weight is 302 g/mol. The van der Waals surface area contributed by atoms with Crippen molar-refractivity contribution in [3.05, 3.63) is 17.1 Å². The highest BCUT2D eigenvalue weighted by atomic mass is 16.5. The second-order valence-corrected chi connectivity index (χ2v) is 6.76. The van der Waals surface area contributed by atoms with Crippen LogP contribution in [0.2, 0.25) is 0 Å². The third-order valence-electron chi connectivity index (χ3n) is 5.30. The third kappa shape index (κ3) is 2.72. The van der Waals surface area contributed by atoms with Crippen LogP contribution < -0.4 is 4.90 Å². The van der Waals surface area contributed by atoms with Gasteiger partial charge in [-0.2, -0.15) is 0 Å². The van der Waals surface area contributed by atoms with Gasteiger partial charge in [-0.25, -0.2) is 9.97 Å². The topological polar surface area (TPSA) is 41.5 Å². The lowest BCUT2D eigenvalue weighted by atomic mass is 9.96.